The van der Waals surface area contributed by atoms with Crippen molar-refractivity contribution in [3.63, 3.8) is 0 Å². The predicted octanol–water partition coefficient (Wildman–Crippen LogP) is 1.26. The second-order valence-corrected chi connectivity index (χ2v) is 6.45. The Kier molecular flexibility index (Phi) is 4.99. The van der Waals surface area contributed by atoms with E-state index < -0.39 is 10.0 Å². The molecular formula is C15H18N2O4S. The zero-order valence-corrected chi connectivity index (χ0v) is 13.3. The van der Waals surface area contributed by atoms with Gasteiger partial charge in [0.15, 0.2) is 0 Å². The van der Waals surface area contributed by atoms with Crippen molar-refractivity contribution in [3.8, 4) is 5.75 Å². The molecule has 0 unspecified atom stereocenters. The normalized spacial score (nSPS) is 11.4. The highest BCUT2D eigenvalue weighted by Gasteiger charge is 2.14. The Morgan fingerprint density at radius 2 is 1.86 bits per heavy atom. The van der Waals surface area contributed by atoms with E-state index in [1.165, 1.54) is 16.7 Å². The number of sulfonamides is 1. The van der Waals surface area contributed by atoms with Gasteiger partial charge in [-0.25, -0.2) is 13.1 Å². The largest absolute Gasteiger partial charge is 0.494 e. The summed E-state index contributed by atoms with van der Waals surface area (Å²) in [7, 11) is -2.06. The monoisotopic (exact) mass is 322 g/mol. The van der Waals surface area contributed by atoms with Gasteiger partial charge in [0.05, 0.1) is 11.5 Å². The average molecular weight is 322 g/mol. The number of rotatable bonds is 6. The molecule has 0 saturated carbocycles. The van der Waals surface area contributed by atoms with Gasteiger partial charge in [0.25, 0.3) is 5.56 Å². The number of nitrogens with zero attached hydrogens (tertiary/aromatic N) is 1. The van der Waals surface area contributed by atoms with Crippen molar-refractivity contribution in [2.75, 3.05) is 6.61 Å². The van der Waals surface area contributed by atoms with Crippen LogP contribution in [0.2, 0.25) is 0 Å². The van der Waals surface area contributed by atoms with E-state index >= 15 is 0 Å². The van der Waals surface area contributed by atoms with Gasteiger partial charge in [-0.15, -0.1) is 0 Å². The van der Waals surface area contributed by atoms with Gasteiger partial charge in [-0.1, -0.05) is 6.07 Å². The first-order chi connectivity index (χ1) is 10.4. The Balaban J connectivity index is 2.14. The van der Waals surface area contributed by atoms with E-state index in [4.69, 9.17) is 4.74 Å². The number of hydrogen-bond donors (Lipinski definition) is 1. The summed E-state index contributed by atoms with van der Waals surface area (Å²) in [6.45, 7) is 2.32. The molecule has 118 valence electrons. The summed E-state index contributed by atoms with van der Waals surface area (Å²) in [5, 5.41) is 0. The average Bonchev–Trinajstić information content (AvgIpc) is 2.50. The lowest BCUT2D eigenvalue weighted by Gasteiger charge is -2.08. The van der Waals surface area contributed by atoms with Crippen molar-refractivity contribution < 1.29 is 13.2 Å². The Morgan fingerprint density at radius 1 is 1.18 bits per heavy atom. The summed E-state index contributed by atoms with van der Waals surface area (Å²) in [4.78, 5) is 12.0. The van der Waals surface area contributed by atoms with Crippen molar-refractivity contribution >= 4 is 10.0 Å². The van der Waals surface area contributed by atoms with Gasteiger partial charge in [0.2, 0.25) is 10.0 Å². The van der Waals surface area contributed by atoms with E-state index in [2.05, 4.69) is 4.72 Å². The molecule has 0 radical (unpaired) electrons. The third-order valence-electron chi connectivity index (χ3n) is 3.10. The highest BCUT2D eigenvalue weighted by molar-refractivity contribution is 7.89. The molecule has 6 nitrogen and oxygen atoms in total. The standard InChI is InChI=1S/C15H18N2O4S/c1-3-21-13-6-8-14(9-7-13)22(19,20)16-11-12-5-4-10-17(2)15(12)18/h4-10,16H,3,11H2,1-2H3. The van der Waals surface area contributed by atoms with E-state index in [1.54, 1.807) is 37.5 Å². The van der Waals surface area contributed by atoms with Crippen molar-refractivity contribution in [2.45, 2.75) is 18.4 Å². The predicted molar refractivity (Wildman–Crippen MR) is 83.3 cm³/mol. The highest BCUT2D eigenvalue weighted by Crippen LogP contribution is 2.15. The van der Waals surface area contributed by atoms with Gasteiger partial charge in [0, 0.05) is 25.4 Å². The van der Waals surface area contributed by atoms with Crippen molar-refractivity contribution in [1.82, 2.24) is 9.29 Å². The summed E-state index contributed by atoms with van der Waals surface area (Å²) in [5.41, 5.74) is 0.163. The molecular weight excluding hydrogens is 304 g/mol. The van der Waals surface area contributed by atoms with Crippen LogP contribution >= 0.6 is 0 Å². The summed E-state index contributed by atoms with van der Waals surface area (Å²) < 4.78 is 33.5. The third-order valence-corrected chi connectivity index (χ3v) is 4.52. The lowest BCUT2D eigenvalue weighted by Crippen LogP contribution is -2.28. The maximum Gasteiger partial charge on any atom is 0.254 e. The number of pyridine rings is 1. The van der Waals surface area contributed by atoms with Crippen LogP contribution in [0.4, 0.5) is 0 Å². The summed E-state index contributed by atoms with van der Waals surface area (Å²) in [6.07, 6.45) is 1.62. The zero-order valence-electron chi connectivity index (χ0n) is 12.4. The fourth-order valence-corrected chi connectivity index (χ4v) is 2.93. The van der Waals surface area contributed by atoms with Crippen molar-refractivity contribution in [2.24, 2.45) is 7.05 Å². The molecule has 2 aromatic rings. The molecule has 0 amide bonds. The van der Waals surface area contributed by atoms with E-state index in [9.17, 15) is 13.2 Å². The SMILES string of the molecule is CCOc1ccc(S(=O)(=O)NCc2cccn(C)c2=O)cc1. The maximum absolute atomic E-state index is 12.2. The quantitative estimate of drug-likeness (QED) is 0.868. The van der Waals surface area contributed by atoms with Gasteiger partial charge >= 0.3 is 0 Å². The van der Waals surface area contributed by atoms with Crippen LogP contribution in [-0.4, -0.2) is 19.6 Å². The highest BCUT2D eigenvalue weighted by atomic mass is 32.2. The molecule has 0 aliphatic heterocycles. The van der Waals surface area contributed by atoms with Crippen LogP contribution in [0, 0.1) is 0 Å². The first kappa shape index (κ1) is 16.3. The van der Waals surface area contributed by atoms with Gasteiger partial charge in [0.1, 0.15) is 5.75 Å². The topological polar surface area (TPSA) is 77.4 Å². The first-order valence-electron chi connectivity index (χ1n) is 6.81. The van der Waals surface area contributed by atoms with Gasteiger partial charge < -0.3 is 9.30 Å². The molecule has 0 aliphatic carbocycles. The smallest absolute Gasteiger partial charge is 0.254 e. The zero-order chi connectivity index (χ0) is 16.2. The fraction of sp³-hybridized carbons (Fsp3) is 0.267. The first-order valence-corrected chi connectivity index (χ1v) is 8.29. The summed E-state index contributed by atoms with van der Waals surface area (Å²) in [6, 6.07) is 9.43. The number of hydrogen-bond acceptors (Lipinski definition) is 4. The van der Waals surface area contributed by atoms with Crippen LogP contribution in [0.3, 0.4) is 0 Å². The molecule has 1 heterocycles. The van der Waals surface area contributed by atoms with Crippen LogP contribution in [0.5, 0.6) is 5.75 Å². The molecule has 0 saturated heterocycles. The van der Waals surface area contributed by atoms with Crippen LogP contribution in [0.1, 0.15) is 12.5 Å². The maximum atomic E-state index is 12.2. The van der Waals surface area contributed by atoms with Crippen LogP contribution in [0.25, 0.3) is 0 Å². The summed E-state index contributed by atoms with van der Waals surface area (Å²) in [5.74, 6) is 0.610. The fourth-order valence-electron chi connectivity index (χ4n) is 1.93. The van der Waals surface area contributed by atoms with Crippen molar-refractivity contribution in [3.05, 3.63) is 58.5 Å². The molecule has 0 aliphatic rings. The number of aromatic nitrogens is 1. The minimum Gasteiger partial charge on any atom is -0.494 e. The molecule has 0 spiro atoms. The number of nitrogens with one attached hydrogen (secondary N) is 1. The van der Waals surface area contributed by atoms with E-state index in [-0.39, 0.29) is 17.0 Å². The van der Waals surface area contributed by atoms with Gasteiger partial charge in [-0.05, 0) is 37.3 Å². The Morgan fingerprint density at radius 3 is 2.50 bits per heavy atom. The summed E-state index contributed by atoms with van der Waals surface area (Å²) >= 11 is 0. The molecule has 0 bridgehead atoms. The number of ether oxygens (including phenoxy) is 1. The minimum atomic E-state index is -3.67. The van der Waals surface area contributed by atoms with Crippen LogP contribution in [-0.2, 0) is 23.6 Å². The molecule has 0 fully saturated rings. The lowest BCUT2D eigenvalue weighted by molar-refractivity contribution is 0.340. The third kappa shape index (κ3) is 3.75. The molecule has 1 N–H and O–H groups in total. The Labute approximate surface area is 129 Å². The lowest BCUT2D eigenvalue weighted by atomic mass is 10.3. The van der Waals surface area contributed by atoms with Crippen molar-refractivity contribution in [1.29, 1.82) is 0 Å². The van der Waals surface area contributed by atoms with E-state index in [1.807, 2.05) is 6.92 Å². The Bertz CT molecular complexity index is 795. The van der Waals surface area contributed by atoms with Crippen LogP contribution in [0.15, 0.2) is 52.3 Å². The second-order valence-electron chi connectivity index (χ2n) is 4.68. The Hall–Kier alpha value is -2.12. The number of aryl methyl sites for hydroxylation is 1. The van der Waals surface area contributed by atoms with Gasteiger partial charge in [-0.2, -0.15) is 0 Å². The van der Waals surface area contributed by atoms with Gasteiger partial charge in [-0.3, -0.25) is 4.79 Å². The van der Waals surface area contributed by atoms with E-state index in [0.29, 0.717) is 17.9 Å². The van der Waals surface area contributed by atoms with Crippen LogP contribution < -0.4 is 15.0 Å². The number of benzene rings is 1. The molecule has 1 aromatic heterocycles. The minimum absolute atomic E-state index is 0.0525. The molecule has 1 aromatic carbocycles. The molecule has 0 atom stereocenters. The second kappa shape index (κ2) is 6.76. The molecule has 7 heteroatoms. The molecule has 22 heavy (non-hydrogen) atoms. The molecule has 2 rings (SSSR count). The van der Waals surface area contributed by atoms with E-state index in [0.717, 1.165) is 0 Å².